The SMILES string of the molecule is COc1ccc(/C=N/NC(=O)CCc2ccccc2)cc1C. The Balaban J connectivity index is 1.81. The summed E-state index contributed by atoms with van der Waals surface area (Å²) in [6.45, 7) is 1.97. The Labute approximate surface area is 130 Å². The molecule has 114 valence electrons. The van der Waals surface area contributed by atoms with E-state index in [4.69, 9.17) is 4.74 Å². The van der Waals surface area contributed by atoms with Gasteiger partial charge in [0.15, 0.2) is 0 Å². The summed E-state index contributed by atoms with van der Waals surface area (Å²) in [5.74, 6) is 0.745. The standard InChI is InChI=1S/C18H20N2O2/c1-14-12-16(8-10-17(14)22-2)13-19-20-18(21)11-9-15-6-4-3-5-7-15/h3-8,10,12-13H,9,11H2,1-2H3,(H,20,21)/b19-13+. The molecule has 0 bridgehead atoms. The second kappa shape index (κ2) is 7.98. The summed E-state index contributed by atoms with van der Waals surface area (Å²) >= 11 is 0. The molecule has 0 fully saturated rings. The van der Waals surface area contributed by atoms with Crippen molar-refractivity contribution in [3.63, 3.8) is 0 Å². The first-order valence-corrected chi connectivity index (χ1v) is 7.19. The molecule has 0 unspecified atom stereocenters. The Hall–Kier alpha value is -2.62. The number of carbonyl (C=O) groups is 1. The fraction of sp³-hybridized carbons (Fsp3) is 0.222. The highest BCUT2D eigenvalue weighted by atomic mass is 16.5. The molecular formula is C18H20N2O2. The van der Waals surface area contributed by atoms with E-state index in [0.717, 1.165) is 22.4 Å². The third-order valence-corrected chi connectivity index (χ3v) is 3.31. The van der Waals surface area contributed by atoms with Crippen molar-refractivity contribution in [1.29, 1.82) is 0 Å². The van der Waals surface area contributed by atoms with Crippen LogP contribution in [0.15, 0.2) is 53.6 Å². The van der Waals surface area contributed by atoms with Gasteiger partial charge in [0.25, 0.3) is 0 Å². The number of methoxy groups -OCH3 is 1. The third kappa shape index (κ3) is 4.74. The van der Waals surface area contributed by atoms with Crippen LogP contribution in [0.5, 0.6) is 5.75 Å². The van der Waals surface area contributed by atoms with Crippen LogP contribution in [0.25, 0.3) is 0 Å². The van der Waals surface area contributed by atoms with E-state index >= 15 is 0 Å². The van der Waals surface area contributed by atoms with Crippen LogP contribution in [0.1, 0.15) is 23.1 Å². The smallest absolute Gasteiger partial charge is 0.240 e. The van der Waals surface area contributed by atoms with Crippen LogP contribution in [0.2, 0.25) is 0 Å². The molecule has 2 aromatic rings. The van der Waals surface area contributed by atoms with Gasteiger partial charge in [0, 0.05) is 6.42 Å². The quantitative estimate of drug-likeness (QED) is 0.658. The largest absolute Gasteiger partial charge is 0.496 e. The number of hydrazone groups is 1. The van der Waals surface area contributed by atoms with Crippen LogP contribution >= 0.6 is 0 Å². The number of carbonyl (C=O) groups excluding carboxylic acids is 1. The fourth-order valence-electron chi connectivity index (χ4n) is 2.12. The first-order valence-electron chi connectivity index (χ1n) is 7.19. The Kier molecular flexibility index (Phi) is 5.72. The maximum absolute atomic E-state index is 11.7. The lowest BCUT2D eigenvalue weighted by Gasteiger charge is -2.04. The van der Waals surface area contributed by atoms with Crippen molar-refractivity contribution in [2.45, 2.75) is 19.8 Å². The highest BCUT2D eigenvalue weighted by Crippen LogP contribution is 2.17. The van der Waals surface area contributed by atoms with Crippen molar-refractivity contribution in [3.8, 4) is 5.75 Å². The first-order chi connectivity index (χ1) is 10.7. The molecule has 22 heavy (non-hydrogen) atoms. The molecule has 0 heterocycles. The van der Waals surface area contributed by atoms with E-state index in [2.05, 4.69) is 10.5 Å². The molecule has 1 N–H and O–H groups in total. The third-order valence-electron chi connectivity index (χ3n) is 3.31. The zero-order chi connectivity index (χ0) is 15.8. The van der Waals surface area contributed by atoms with Crippen LogP contribution in [0, 0.1) is 6.92 Å². The van der Waals surface area contributed by atoms with Gasteiger partial charge in [-0.1, -0.05) is 30.3 Å². The molecule has 0 spiro atoms. The van der Waals surface area contributed by atoms with Gasteiger partial charge in [-0.3, -0.25) is 4.79 Å². The van der Waals surface area contributed by atoms with E-state index in [0.29, 0.717) is 12.8 Å². The van der Waals surface area contributed by atoms with E-state index < -0.39 is 0 Å². The summed E-state index contributed by atoms with van der Waals surface area (Å²) in [6.07, 6.45) is 2.76. The summed E-state index contributed by atoms with van der Waals surface area (Å²) in [7, 11) is 1.64. The van der Waals surface area contributed by atoms with Gasteiger partial charge in [-0.25, -0.2) is 5.43 Å². The number of aryl methyl sites for hydroxylation is 2. The number of ether oxygens (including phenoxy) is 1. The van der Waals surface area contributed by atoms with Gasteiger partial charge >= 0.3 is 0 Å². The van der Waals surface area contributed by atoms with Crippen LogP contribution in [-0.4, -0.2) is 19.2 Å². The minimum Gasteiger partial charge on any atom is -0.496 e. The number of benzene rings is 2. The molecule has 0 aliphatic rings. The molecule has 4 nitrogen and oxygen atoms in total. The Morgan fingerprint density at radius 1 is 1.23 bits per heavy atom. The number of amides is 1. The summed E-state index contributed by atoms with van der Waals surface area (Å²) in [4.78, 5) is 11.7. The average molecular weight is 296 g/mol. The summed E-state index contributed by atoms with van der Waals surface area (Å²) in [6, 6.07) is 15.7. The molecule has 0 saturated carbocycles. The molecule has 0 aliphatic carbocycles. The fourth-order valence-corrected chi connectivity index (χ4v) is 2.12. The van der Waals surface area contributed by atoms with Gasteiger partial charge < -0.3 is 4.74 Å². The van der Waals surface area contributed by atoms with Crippen molar-refractivity contribution < 1.29 is 9.53 Å². The lowest BCUT2D eigenvalue weighted by molar-refractivity contribution is -0.121. The first kappa shape index (κ1) is 15.8. The average Bonchev–Trinajstić information content (AvgIpc) is 2.54. The van der Waals surface area contributed by atoms with Gasteiger partial charge in [0.1, 0.15) is 5.75 Å². The number of nitrogens with zero attached hydrogens (tertiary/aromatic N) is 1. The number of hydrogen-bond donors (Lipinski definition) is 1. The van der Waals surface area contributed by atoms with E-state index in [1.54, 1.807) is 13.3 Å². The van der Waals surface area contributed by atoms with Crippen LogP contribution in [0.3, 0.4) is 0 Å². The lowest BCUT2D eigenvalue weighted by atomic mass is 10.1. The second-order valence-electron chi connectivity index (χ2n) is 5.01. The minimum absolute atomic E-state index is 0.0923. The van der Waals surface area contributed by atoms with Crippen LogP contribution in [-0.2, 0) is 11.2 Å². The summed E-state index contributed by atoms with van der Waals surface area (Å²) in [5.41, 5.74) is 5.64. The van der Waals surface area contributed by atoms with E-state index in [1.807, 2.05) is 55.5 Å². The molecule has 0 radical (unpaired) electrons. The maximum atomic E-state index is 11.7. The van der Waals surface area contributed by atoms with Crippen molar-refractivity contribution in [3.05, 3.63) is 65.2 Å². The molecule has 2 aromatic carbocycles. The molecular weight excluding hydrogens is 276 g/mol. The molecule has 4 heteroatoms. The van der Waals surface area contributed by atoms with Gasteiger partial charge in [0.05, 0.1) is 13.3 Å². The van der Waals surface area contributed by atoms with Gasteiger partial charge in [0.2, 0.25) is 5.91 Å². The topological polar surface area (TPSA) is 50.7 Å². The van der Waals surface area contributed by atoms with Crippen LogP contribution in [0.4, 0.5) is 0 Å². The molecule has 0 aromatic heterocycles. The maximum Gasteiger partial charge on any atom is 0.240 e. The Bertz CT molecular complexity index is 651. The Morgan fingerprint density at radius 3 is 2.68 bits per heavy atom. The number of nitrogens with one attached hydrogen (secondary N) is 1. The second-order valence-corrected chi connectivity index (χ2v) is 5.01. The minimum atomic E-state index is -0.0923. The van der Waals surface area contributed by atoms with Crippen LogP contribution < -0.4 is 10.2 Å². The Morgan fingerprint density at radius 2 is 2.00 bits per heavy atom. The van der Waals surface area contributed by atoms with Crippen molar-refractivity contribution in [2.24, 2.45) is 5.10 Å². The zero-order valence-electron chi connectivity index (χ0n) is 12.9. The van der Waals surface area contributed by atoms with Crippen molar-refractivity contribution in [1.82, 2.24) is 5.43 Å². The summed E-state index contributed by atoms with van der Waals surface area (Å²) < 4.78 is 5.20. The number of rotatable bonds is 6. The highest BCUT2D eigenvalue weighted by Gasteiger charge is 2.01. The highest BCUT2D eigenvalue weighted by molar-refractivity contribution is 5.82. The zero-order valence-corrected chi connectivity index (χ0v) is 12.9. The summed E-state index contributed by atoms with van der Waals surface area (Å²) in [5, 5.41) is 3.99. The van der Waals surface area contributed by atoms with Gasteiger partial charge in [-0.05, 0) is 48.2 Å². The number of hydrogen-bond acceptors (Lipinski definition) is 3. The van der Waals surface area contributed by atoms with Crippen molar-refractivity contribution >= 4 is 12.1 Å². The molecule has 2 rings (SSSR count). The van der Waals surface area contributed by atoms with E-state index in [-0.39, 0.29) is 5.91 Å². The normalized spacial score (nSPS) is 10.6. The monoisotopic (exact) mass is 296 g/mol. The molecule has 0 atom stereocenters. The molecule has 0 saturated heterocycles. The van der Waals surface area contributed by atoms with Crippen molar-refractivity contribution in [2.75, 3.05) is 7.11 Å². The predicted molar refractivity (Wildman–Crippen MR) is 88.2 cm³/mol. The molecule has 1 amide bonds. The van der Waals surface area contributed by atoms with E-state index in [9.17, 15) is 4.79 Å². The van der Waals surface area contributed by atoms with Gasteiger partial charge in [-0.2, -0.15) is 5.10 Å². The predicted octanol–water partition coefficient (Wildman–Crippen LogP) is 3.09. The van der Waals surface area contributed by atoms with E-state index in [1.165, 1.54) is 0 Å². The lowest BCUT2D eigenvalue weighted by Crippen LogP contribution is -2.17. The molecule has 0 aliphatic heterocycles. The van der Waals surface area contributed by atoms with Gasteiger partial charge in [-0.15, -0.1) is 0 Å².